The average Bonchev–Trinajstić information content (AvgIpc) is 2.10. The third-order valence-corrected chi connectivity index (χ3v) is 2.06. The zero-order valence-corrected chi connectivity index (χ0v) is 8.95. The van der Waals surface area contributed by atoms with Gasteiger partial charge in [-0.3, -0.25) is 9.59 Å². The van der Waals surface area contributed by atoms with E-state index in [1.54, 1.807) is 0 Å². The van der Waals surface area contributed by atoms with E-state index in [9.17, 15) is 9.59 Å². The first-order valence-corrected chi connectivity index (χ1v) is 4.79. The van der Waals surface area contributed by atoms with Gasteiger partial charge in [0.15, 0.2) is 5.92 Å². The van der Waals surface area contributed by atoms with Gasteiger partial charge in [-0.2, -0.15) is 0 Å². The van der Waals surface area contributed by atoms with Crippen LogP contribution in [-0.2, 0) is 14.3 Å². The summed E-state index contributed by atoms with van der Waals surface area (Å²) in [6, 6.07) is 0. The van der Waals surface area contributed by atoms with E-state index in [0.29, 0.717) is 12.3 Å². The van der Waals surface area contributed by atoms with Gasteiger partial charge in [-0.1, -0.05) is 26.7 Å². The lowest BCUT2D eigenvalue weighted by Gasteiger charge is -2.10. The summed E-state index contributed by atoms with van der Waals surface area (Å²) < 4.78 is 4.41. The molecule has 4 nitrogen and oxygen atoms in total. The maximum atomic E-state index is 11.0. The second kappa shape index (κ2) is 6.40. The highest BCUT2D eigenvalue weighted by Crippen LogP contribution is 2.14. The second-order valence-electron chi connectivity index (χ2n) is 3.74. The predicted molar refractivity (Wildman–Crippen MR) is 51.8 cm³/mol. The second-order valence-corrected chi connectivity index (χ2v) is 3.74. The summed E-state index contributed by atoms with van der Waals surface area (Å²) in [6.45, 7) is 4.13. The van der Waals surface area contributed by atoms with Crippen LogP contribution in [0.3, 0.4) is 0 Å². The summed E-state index contributed by atoms with van der Waals surface area (Å²) in [5.74, 6) is -2.22. The minimum Gasteiger partial charge on any atom is -0.481 e. The van der Waals surface area contributed by atoms with Crippen LogP contribution < -0.4 is 0 Å². The maximum absolute atomic E-state index is 11.0. The zero-order chi connectivity index (χ0) is 11.1. The Kier molecular flexibility index (Phi) is 5.92. The standard InChI is InChI=1S/C10H18O4/c1-7(2)5-4-6-8(9(11)12)10(13)14-3/h7-8H,4-6H2,1-3H3,(H,11,12). The number of carbonyl (C=O) groups excluding carboxylic acids is 1. The molecule has 4 heteroatoms. The van der Waals surface area contributed by atoms with Crippen LogP contribution in [0.4, 0.5) is 0 Å². The molecular weight excluding hydrogens is 184 g/mol. The number of carboxylic acid groups (broad SMARTS) is 1. The summed E-state index contributed by atoms with van der Waals surface area (Å²) in [7, 11) is 1.21. The first-order chi connectivity index (χ1) is 6.49. The maximum Gasteiger partial charge on any atom is 0.320 e. The monoisotopic (exact) mass is 202 g/mol. The molecule has 0 amide bonds. The molecule has 1 atom stereocenters. The molecule has 0 aromatic carbocycles. The van der Waals surface area contributed by atoms with Crippen molar-refractivity contribution in [3.05, 3.63) is 0 Å². The Balaban J connectivity index is 3.99. The van der Waals surface area contributed by atoms with Gasteiger partial charge in [0, 0.05) is 0 Å². The van der Waals surface area contributed by atoms with Gasteiger partial charge in [0.2, 0.25) is 0 Å². The van der Waals surface area contributed by atoms with E-state index in [1.807, 2.05) is 0 Å². The third-order valence-electron chi connectivity index (χ3n) is 2.06. The molecule has 0 aromatic rings. The molecule has 0 bridgehead atoms. The van der Waals surface area contributed by atoms with Gasteiger partial charge in [-0.15, -0.1) is 0 Å². The third kappa shape index (κ3) is 4.84. The number of methoxy groups -OCH3 is 1. The number of carboxylic acids is 1. The van der Waals surface area contributed by atoms with Crippen molar-refractivity contribution >= 4 is 11.9 Å². The van der Waals surface area contributed by atoms with Crippen LogP contribution in [0.25, 0.3) is 0 Å². The summed E-state index contributed by atoms with van der Waals surface area (Å²) >= 11 is 0. The smallest absolute Gasteiger partial charge is 0.320 e. The molecule has 0 aromatic heterocycles. The fourth-order valence-corrected chi connectivity index (χ4v) is 1.21. The van der Waals surface area contributed by atoms with E-state index < -0.39 is 17.9 Å². The SMILES string of the molecule is COC(=O)C(CCCC(C)C)C(=O)O. The summed E-state index contributed by atoms with van der Waals surface area (Å²) in [4.78, 5) is 21.7. The number of aliphatic carboxylic acids is 1. The minimum absolute atomic E-state index is 0.361. The molecule has 82 valence electrons. The quantitative estimate of drug-likeness (QED) is 0.526. The van der Waals surface area contributed by atoms with Crippen LogP contribution in [0.1, 0.15) is 33.1 Å². The van der Waals surface area contributed by atoms with E-state index in [4.69, 9.17) is 5.11 Å². The van der Waals surface area contributed by atoms with Crippen LogP contribution in [0.15, 0.2) is 0 Å². The lowest BCUT2D eigenvalue weighted by Crippen LogP contribution is -2.24. The zero-order valence-electron chi connectivity index (χ0n) is 8.95. The molecule has 1 N–H and O–H groups in total. The van der Waals surface area contributed by atoms with Crippen LogP contribution >= 0.6 is 0 Å². The van der Waals surface area contributed by atoms with Gasteiger partial charge in [-0.05, 0) is 12.3 Å². The number of ether oxygens (including phenoxy) is 1. The highest BCUT2D eigenvalue weighted by Gasteiger charge is 2.26. The molecular formula is C10H18O4. The first-order valence-electron chi connectivity index (χ1n) is 4.79. The molecule has 0 aliphatic carbocycles. The predicted octanol–water partition coefficient (Wildman–Crippen LogP) is 1.69. The lowest BCUT2D eigenvalue weighted by molar-refractivity contribution is -0.157. The molecule has 0 radical (unpaired) electrons. The minimum atomic E-state index is -1.10. The molecule has 0 saturated carbocycles. The van der Waals surface area contributed by atoms with Crippen molar-refractivity contribution in [3.63, 3.8) is 0 Å². The van der Waals surface area contributed by atoms with Crippen molar-refractivity contribution in [3.8, 4) is 0 Å². The Morgan fingerprint density at radius 1 is 1.29 bits per heavy atom. The van der Waals surface area contributed by atoms with Crippen LogP contribution in [0, 0.1) is 11.8 Å². The molecule has 0 rings (SSSR count). The molecule has 1 unspecified atom stereocenters. The van der Waals surface area contributed by atoms with E-state index in [1.165, 1.54) is 7.11 Å². The number of rotatable bonds is 6. The highest BCUT2D eigenvalue weighted by atomic mass is 16.5. The highest BCUT2D eigenvalue weighted by molar-refractivity contribution is 5.93. The van der Waals surface area contributed by atoms with Crippen molar-refractivity contribution < 1.29 is 19.4 Å². The van der Waals surface area contributed by atoms with Gasteiger partial charge < -0.3 is 9.84 Å². The van der Waals surface area contributed by atoms with Crippen molar-refractivity contribution in [2.45, 2.75) is 33.1 Å². The van der Waals surface area contributed by atoms with Gasteiger partial charge >= 0.3 is 11.9 Å². The van der Waals surface area contributed by atoms with E-state index in [-0.39, 0.29) is 0 Å². The number of carbonyl (C=O) groups is 2. The Morgan fingerprint density at radius 2 is 1.86 bits per heavy atom. The summed E-state index contributed by atoms with van der Waals surface area (Å²) in [5.41, 5.74) is 0. The Hall–Kier alpha value is -1.06. The molecule has 0 aliphatic rings. The van der Waals surface area contributed by atoms with E-state index in [0.717, 1.165) is 12.8 Å². The van der Waals surface area contributed by atoms with E-state index in [2.05, 4.69) is 18.6 Å². The number of hydrogen-bond donors (Lipinski definition) is 1. The van der Waals surface area contributed by atoms with Crippen LogP contribution in [-0.4, -0.2) is 24.2 Å². The van der Waals surface area contributed by atoms with Crippen molar-refractivity contribution in [2.75, 3.05) is 7.11 Å². The Bertz CT molecular complexity index is 198. The Morgan fingerprint density at radius 3 is 2.21 bits per heavy atom. The molecule has 0 fully saturated rings. The van der Waals surface area contributed by atoms with Crippen LogP contribution in [0.2, 0.25) is 0 Å². The number of esters is 1. The molecule has 0 saturated heterocycles. The van der Waals surface area contributed by atoms with Gasteiger partial charge in [0.25, 0.3) is 0 Å². The fraction of sp³-hybridized carbons (Fsp3) is 0.800. The van der Waals surface area contributed by atoms with E-state index >= 15 is 0 Å². The van der Waals surface area contributed by atoms with Gasteiger partial charge in [-0.25, -0.2) is 0 Å². The lowest BCUT2D eigenvalue weighted by atomic mass is 9.98. The van der Waals surface area contributed by atoms with Gasteiger partial charge in [0.05, 0.1) is 7.11 Å². The fourth-order valence-electron chi connectivity index (χ4n) is 1.21. The van der Waals surface area contributed by atoms with Crippen molar-refractivity contribution in [2.24, 2.45) is 11.8 Å². The number of hydrogen-bond acceptors (Lipinski definition) is 3. The topological polar surface area (TPSA) is 63.6 Å². The summed E-state index contributed by atoms with van der Waals surface area (Å²) in [6.07, 6.45) is 2.03. The van der Waals surface area contributed by atoms with Crippen molar-refractivity contribution in [1.29, 1.82) is 0 Å². The van der Waals surface area contributed by atoms with Gasteiger partial charge in [0.1, 0.15) is 0 Å². The Labute approximate surface area is 84.3 Å². The van der Waals surface area contributed by atoms with Crippen molar-refractivity contribution in [1.82, 2.24) is 0 Å². The first kappa shape index (κ1) is 12.9. The van der Waals surface area contributed by atoms with Crippen LogP contribution in [0.5, 0.6) is 0 Å². The normalized spacial score (nSPS) is 12.6. The molecule has 0 aliphatic heterocycles. The molecule has 0 spiro atoms. The average molecular weight is 202 g/mol. The molecule has 0 heterocycles. The summed E-state index contributed by atoms with van der Waals surface area (Å²) in [5, 5.41) is 8.74. The molecule has 14 heavy (non-hydrogen) atoms. The largest absolute Gasteiger partial charge is 0.481 e.